The van der Waals surface area contributed by atoms with Crippen LogP contribution in [0.25, 0.3) is 0 Å². The van der Waals surface area contributed by atoms with E-state index >= 15 is 0 Å². The molecule has 0 aliphatic carbocycles. The molecule has 156 valence electrons. The van der Waals surface area contributed by atoms with Gasteiger partial charge in [0, 0.05) is 12.1 Å². The van der Waals surface area contributed by atoms with Gasteiger partial charge in [-0.2, -0.15) is 0 Å². The van der Waals surface area contributed by atoms with Crippen molar-refractivity contribution in [2.45, 2.75) is 52.1 Å². The van der Waals surface area contributed by atoms with Gasteiger partial charge in [0.1, 0.15) is 23.5 Å². The van der Waals surface area contributed by atoms with Crippen LogP contribution in [0.2, 0.25) is 0 Å². The molecule has 2 aromatic rings. The predicted molar refractivity (Wildman–Crippen MR) is 106 cm³/mol. The molecule has 1 heterocycles. The summed E-state index contributed by atoms with van der Waals surface area (Å²) in [5, 5.41) is 8.32. The molecule has 1 aromatic carbocycles. The van der Waals surface area contributed by atoms with Crippen molar-refractivity contribution in [2.75, 3.05) is 10.6 Å². The van der Waals surface area contributed by atoms with Gasteiger partial charge in [0.15, 0.2) is 5.82 Å². The Labute approximate surface area is 168 Å². The first-order chi connectivity index (χ1) is 13.8. The van der Waals surface area contributed by atoms with Gasteiger partial charge in [-0.1, -0.05) is 13.3 Å². The third kappa shape index (κ3) is 7.44. The second-order valence-electron chi connectivity index (χ2n) is 6.94. The molecule has 29 heavy (non-hydrogen) atoms. The average Bonchev–Trinajstić information content (AvgIpc) is 2.61. The van der Waals surface area contributed by atoms with E-state index in [1.54, 1.807) is 0 Å². The molecule has 1 atom stereocenters. The number of hydrogen-bond donors (Lipinski definition) is 3. The molecule has 7 nitrogen and oxygen atoms in total. The lowest BCUT2D eigenvalue weighted by Crippen LogP contribution is -2.44. The van der Waals surface area contributed by atoms with Crippen molar-refractivity contribution in [3.8, 4) is 0 Å². The van der Waals surface area contributed by atoms with Gasteiger partial charge in [-0.15, -0.1) is 0 Å². The van der Waals surface area contributed by atoms with Crippen molar-refractivity contribution in [1.29, 1.82) is 0 Å². The minimum Gasteiger partial charge on any atom is -0.367 e. The van der Waals surface area contributed by atoms with Crippen LogP contribution < -0.4 is 16.0 Å². The normalized spacial score (nSPS) is 11.8. The van der Waals surface area contributed by atoms with Gasteiger partial charge < -0.3 is 16.0 Å². The Hall–Kier alpha value is -3.10. The summed E-state index contributed by atoms with van der Waals surface area (Å²) >= 11 is 0. The summed E-state index contributed by atoms with van der Waals surface area (Å²) in [6.07, 6.45) is 3.73. The van der Waals surface area contributed by atoms with E-state index in [2.05, 4.69) is 25.9 Å². The second kappa shape index (κ2) is 10.4. The highest BCUT2D eigenvalue weighted by Crippen LogP contribution is 2.10. The highest BCUT2D eigenvalue weighted by molar-refractivity contribution is 5.96. The number of hydrogen-bond acceptors (Lipinski definition) is 5. The van der Waals surface area contributed by atoms with Gasteiger partial charge in [-0.3, -0.25) is 9.59 Å². The van der Waals surface area contributed by atoms with Crippen molar-refractivity contribution in [3.05, 3.63) is 47.8 Å². The van der Waals surface area contributed by atoms with E-state index in [1.807, 2.05) is 20.8 Å². The maximum atomic E-state index is 13.3. The van der Waals surface area contributed by atoms with E-state index in [4.69, 9.17) is 0 Å². The number of carbonyl (C=O) groups excluding carboxylic acids is 2. The lowest BCUT2D eigenvalue weighted by Gasteiger charge is -2.18. The SMILES string of the molecule is CCCC(NC(=O)Cc1cc(F)cc(F)c1)C(=O)Nc1cnc(NC(C)C)cn1. The summed E-state index contributed by atoms with van der Waals surface area (Å²) in [6.45, 7) is 5.81. The minimum absolute atomic E-state index is 0.190. The minimum atomic E-state index is -0.804. The number of carbonyl (C=O) groups is 2. The molecule has 2 amide bonds. The third-order valence-corrected chi connectivity index (χ3v) is 3.86. The first-order valence-electron chi connectivity index (χ1n) is 9.40. The molecule has 9 heteroatoms. The quantitative estimate of drug-likeness (QED) is 0.596. The van der Waals surface area contributed by atoms with Crippen molar-refractivity contribution in [2.24, 2.45) is 0 Å². The van der Waals surface area contributed by atoms with Crippen LogP contribution in [0.3, 0.4) is 0 Å². The fourth-order valence-corrected chi connectivity index (χ4v) is 2.68. The highest BCUT2D eigenvalue weighted by Gasteiger charge is 2.21. The summed E-state index contributed by atoms with van der Waals surface area (Å²) in [5.41, 5.74) is 0.190. The number of nitrogens with zero attached hydrogens (tertiary/aromatic N) is 2. The number of aromatic nitrogens is 2. The Balaban J connectivity index is 1.98. The predicted octanol–water partition coefficient (Wildman–Crippen LogP) is 3.04. The molecule has 0 aliphatic heterocycles. The fraction of sp³-hybridized carbons (Fsp3) is 0.400. The third-order valence-electron chi connectivity index (χ3n) is 3.86. The number of anilines is 2. The van der Waals surface area contributed by atoms with E-state index in [0.29, 0.717) is 18.7 Å². The molecule has 3 N–H and O–H groups in total. The molecule has 0 radical (unpaired) electrons. The second-order valence-corrected chi connectivity index (χ2v) is 6.94. The molecule has 0 bridgehead atoms. The number of amides is 2. The molecule has 1 aromatic heterocycles. The monoisotopic (exact) mass is 405 g/mol. The van der Waals surface area contributed by atoms with Crippen LogP contribution in [-0.4, -0.2) is 33.9 Å². The zero-order chi connectivity index (χ0) is 21.4. The first-order valence-corrected chi connectivity index (χ1v) is 9.40. The molecule has 0 aliphatic rings. The molecule has 0 saturated heterocycles. The number of nitrogens with one attached hydrogen (secondary N) is 3. The standard InChI is InChI=1S/C20H25F2N5O2/c1-4-5-16(26-19(28)8-13-6-14(21)9-15(22)7-13)20(29)27-18-11-23-17(10-24-18)25-12(2)3/h6-7,9-12,16H,4-5,8H2,1-3H3,(H,23,25)(H,26,28)(H,24,27,29). The van der Waals surface area contributed by atoms with Crippen molar-refractivity contribution < 1.29 is 18.4 Å². The molecule has 0 fully saturated rings. The van der Waals surface area contributed by atoms with Crippen molar-refractivity contribution >= 4 is 23.5 Å². The van der Waals surface area contributed by atoms with Crippen LogP contribution >= 0.6 is 0 Å². The molecule has 2 rings (SSSR count). The number of benzene rings is 1. The van der Waals surface area contributed by atoms with Crippen LogP contribution in [-0.2, 0) is 16.0 Å². The van der Waals surface area contributed by atoms with Crippen LogP contribution in [0.5, 0.6) is 0 Å². The number of rotatable bonds is 9. The summed E-state index contributed by atoms with van der Waals surface area (Å²) in [4.78, 5) is 33.1. The lowest BCUT2D eigenvalue weighted by atomic mass is 10.1. The van der Waals surface area contributed by atoms with E-state index in [9.17, 15) is 18.4 Å². The summed E-state index contributed by atoms with van der Waals surface area (Å²) in [7, 11) is 0. The van der Waals surface area contributed by atoms with Gasteiger partial charge in [0.25, 0.3) is 0 Å². The summed E-state index contributed by atoms with van der Waals surface area (Å²) in [5.74, 6) is -1.63. The Bertz CT molecular complexity index is 823. The molecule has 1 unspecified atom stereocenters. The van der Waals surface area contributed by atoms with E-state index in [0.717, 1.165) is 18.2 Å². The maximum Gasteiger partial charge on any atom is 0.248 e. The summed E-state index contributed by atoms with van der Waals surface area (Å²) < 4.78 is 26.6. The van der Waals surface area contributed by atoms with Gasteiger partial charge in [-0.25, -0.2) is 18.7 Å². The Morgan fingerprint density at radius 2 is 1.66 bits per heavy atom. The number of halogens is 2. The lowest BCUT2D eigenvalue weighted by molar-refractivity contribution is -0.126. The van der Waals surface area contributed by atoms with E-state index < -0.39 is 29.5 Å². The molecular weight excluding hydrogens is 380 g/mol. The zero-order valence-electron chi connectivity index (χ0n) is 16.6. The molecule has 0 saturated carbocycles. The van der Waals surface area contributed by atoms with Crippen LogP contribution in [0.1, 0.15) is 39.2 Å². The smallest absolute Gasteiger partial charge is 0.248 e. The maximum absolute atomic E-state index is 13.3. The van der Waals surface area contributed by atoms with Crippen LogP contribution in [0.15, 0.2) is 30.6 Å². The van der Waals surface area contributed by atoms with Gasteiger partial charge >= 0.3 is 0 Å². The van der Waals surface area contributed by atoms with Gasteiger partial charge in [0.05, 0.1) is 18.8 Å². The Kier molecular flexibility index (Phi) is 7.99. The van der Waals surface area contributed by atoms with Gasteiger partial charge in [-0.05, 0) is 38.0 Å². The van der Waals surface area contributed by atoms with Crippen molar-refractivity contribution in [1.82, 2.24) is 15.3 Å². The van der Waals surface area contributed by atoms with Crippen LogP contribution in [0.4, 0.5) is 20.4 Å². The largest absolute Gasteiger partial charge is 0.367 e. The first kappa shape index (κ1) is 22.2. The zero-order valence-corrected chi connectivity index (χ0v) is 16.6. The van der Waals surface area contributed by atoms with E-state index in [-0.39, 0.29) is 23.8 Å². The Morgan fingerprint density at radius 3 is 2.21 bits per heavy atom. The van der Waals surface area contributed by atoms with E-state index in [1.165, 1.54) is 12.4 Å². The molecule has 0 spiro atoms. The summed E-state index contributed by atoms with van der Waals surface area (Å²) in [6, 6.07) is 2.29. The molecular formula is C20H25F2N5O2. The Morgan fingerprint density at radius 1 is 1.03 bits per heavy atom. The van der Waals surface area contributed by atoms with Crippen molar-refractivity contribution in [3.63, 3.8) is 0 Å². The van der Waals surface area contributed by atoms with Gasteiger partial charge in [0.2, 0.25) is 11.8 Å². The average molecular weight is 405 g/mol. The highest BCUT2D eigenvalue weighted by atomic mass is 19.1. The fourth-order valence-electron chi connectivity index (χ4n) is 2.68. The topological polar surface area (TPSA) is 96.0 Å². The van der Waals surface area contributed by atoms with Crippen LogP contribution in [0, 0.1) is 11.6 Å².